The number of aliphatic imine (C=N–C) groups is 1. The third kappa shape index (κ3) is 3.45. The fourth-order valence-corrected chi connectivity index (χ4v) is 8.16. The molecule has 1 saturated heterocycles. The smallest absolute Gasteiger partial charge is 0.150 e. The van der Waals surface area contributed by atoms with Crippen molar-refractivity contribution in [2.45, 2.75) is 31.6 Å². The zero-order valence-electron chi connectivity index (χ0n) is 25.8. The second kappa shape index (κ2) is 9.29. The highest BCUT2D eigenvalue weighted by Crippen LogP contribution is 2.55. The van der Waals surface area contributed by atoms with Crippen LogP contribution in [-0.2, 0) is 5.41 Å². The molecule has 46 heavy (non-hydrogen) atoms. The highest BCUT2D eigenvalue weighted by atomic mass is 15.9. The number of benzene rings is 6. The van der Waals surface area contributed by atoms with Crippen LogP contribution in [0.3, 0.4) is 0 Å². The second-order valence-electron chi connectivity index (χ2n) is 13.2. The monoisotopic (exact) mass is 592 g/mol. The summed E-state index contributed by atoms with van der Waals surface area (Å²) in [5.41, 5.74) is 12.8. The van der Waals surface area contributed by atoms with Crippen molar-refractivity contribution in [3.8, 4) is 16.8 Å². The Morgan fingerprint density at radius 3 is 2.09 bits per heavy atom. The van der Waals surface area contributed by atoms with Crippen molar-refractivity contribution in [1.29, 1.82) is 0 Å². The third-order valence-electron chi connectivity index (χ3n) is 10.3. The number of aromatic nitrogens is 1. The van der Waals surface area contributed by atoms with Crippen LogP contribution in [0.25, 0.3) is 38.6 Å². The zero-order valence-corrected chi connectivity index (χ0v) is 25.8. The van der Waals surface area contributed by atoms with E-state index in [2.05, 4.69) is 174 Å². The molecule has 0 amide bonds. The van der Waals surface area contributed by atoms with Crippen molar-refractivity contribution >= 4 is 27.6 Å². The molecule has 4 heteroatoms. The average molecular weight is 593 g/mol. The Bertz CT molecular complexity index is 2350. The van der Waals surface area contributed by atoms with Gasteiger partial charge in [0, 0.05) is 27.4 Å². The lowest BCUT2D eigenvalue weighted by Crippen LogP contribution is -2.14. The first-order valence-electron chi connectivity index (χ1n) is 16.1. The van der Waals surface area contributed by atoms with Gasteiger partial charge in [-0.05, 0) is 57.6 Å². The summed E-state index contributed by atoms with van der Waals surface area (Å²) in [5.74, 6) is 1.03. The van der Waals surface area contributed by atoms with Crippen LogP contribution in [0, 0.1) is 0 Å². The van der Waals surface area contributed by atoms with Crippen LogP contribution in [0.15, 0.2) is 151 Å². The van der Waals surface area contributed by atoms with Crippen molar-refractivity contribution in [1.82, 2.24) is 14.6 Å². The van der Waals surface area contributed by atoms with Gasteiger partial charge in [-0.1, -0.05) is 135 Å². The molecule has 10 rings (SSSR count). The van der Waals surface area contributed by atoms with Crippen LogP contribution in [0.2, 0.25) is 0 Å². The largest absolute Gasteiger partial charge is 0.309 e. The Hall–Kier alpha value is -5.45. The number of hydrogen-bond acceptors (Lipinski definition) is 3. The molecule has 0 spiro atoms. The van der Waals surface area contributed by atoms with Crippen molar-refractivity contribution in [2.75, 3.05) is 0 Å². The van der Waals surface area contributed by atoms with E-state index >= 15 is 0 Å². The molecule has 0 bridgehead atoms. The van der Waals surface area contributed by atoms with Crippen molar-refractivity contribution in [2.24, 2.45) is 4.99 Å². The first kappa shape index (κ1) is 25.8. The van der Waals surface area contributed by atoms with Gasteiger partial charge in [-0.25, -0.2) is 4.99 Å². The summed E-state index contributed by atoms with van der Waals surface area (Å²) in [4.78, 5) is 5.26. The molecule has 4 nitrogen and oxygen atoms in total. The molecule has 3 aliphatic rings. The molecule has 1 aliphatic carbocycles. The summed E-state index contributed by atoms with van der Waals surface area (Å²) in [7, 11) is 0. The number of hydrazine groups is 1. The molecule has 0 saturated carbocycles. The SMILES string of the molecule is CC1(C)c2ccccc2-c2c1ccc1c2c2ccccc2n1-c1ccc(C2N=C(c3ccccc3)N3C(c4ccccc4)N23)cc1. The zero-order chi connectivity index (χ0) is 30.6. The van der Waals surface area contributed by atoms with E-state index in [1.165, 1.54) is 55.2 Å². The lowest BCUT2D eigenvalue weighted by atomic mass is 9.82. The van der Waals surface area contributed by atoms with E-state index < -0.39 is 0 Å². The number of para-hydroxylation sites is 1. The van der Waals surface area contributed by atoms with E-state index in [4.69, 9.17) is 4.99 Å². The molecule has 0 N–H and O–H groups in total. The highest BCUT2D eigenvalue weighted by molar-refractivity contribution is 6.17. The molecule has 3 heterocycles. The van der Waals surface area contributed by atoms with Crippen LogP contribution in [0.4, 0.5) is 0 Å². The van der Waals surface area contributed by atoms with Gasteiger partial charge in [-0.2, -0.15) is 5.01 Å². The van der Waals surface area contributed by atoms with Crippen LogP contribution >= 0.6 is 0 Å². The Labute approximate surface area is 268 Å². The number of amidine groups is 1. The average Bonchev–Trinajstić information content (AvgIpc) is 3.44. The van der Waals surface area contributed by atoms with Gasteiger partial charge in [0.25, 0.3) is 0 Å². The van der Waals surface area contributed by atoms with Crippen LogP contribution < -0.4 is 0 Å². The summed E-state index contributed by atoms with van der Waals surface area (Å²) in [6, 6.07) is 52.9. The number of rotatable bonds is 4. The van der Waals surface area contributed by atoms with Crippen molar-refractivity contribution in [3.05, 3.63) is 173 Å². The summed E-state index contributed by atoms with van der Waals surface area (Å²) in [6.45, 7) is 4.71. The minimum absolute atomic E-state index is 0.0327. The maximum absolute atomic E-state index is 5.26. The van der Waals surface area contributed by atoms with Crippen molar-refractivity contribution < 1.29 is 0 Å². The molecule has 1 aromatic heterocycles. The van der Waals surface area contributed by atoms with E-state index in [0.29, 0.717) is 0 Å². The number of fused-ring (bicyclic) bond motifs is 8. The topological polar surface area (TPSA) is 23.3 Å². The lowest BCUT2D eigenvalue weighted by Gasteiger charge is -2.21. The highest BCUT2D eigenvalue weighted by Gasteiger charge is 2.57. The molecule has 0 radical (unpaired) electrons. The maximum Gasteiger partial charge on any atom is 0.150 e. The molecular formula is C42H32N4. The first-order chi connectivity index (χ1) is 22.6. The van der Waals surface area contributed by atoms with E-state index in [0.717, 1.165) is 17.1 Å². The minimum Gasteiger partial charge on any atom is -0.309 e. The third-order valence-corrected chi connectivity index (χ3v) is 10.3. The lowest BCUT2D eigenvalue weighted by molar-refractivity contribution is 0.341. The quantitative estimate of drug-likeness (QED) is 0.190. The normalized spacial score (nSPS) is 20.4. The summed E-state index contributed by atoms with van der Waals surface area (Å²) < 4.78 is 2.44. The standard InChI is InChI=1S/C42H32N4/c1-42(2)33-19-11-9-17-31(33)37-34(42)25-26-36-38(37)32-18-10-12-20-35(32)44(36)30-23-21-28(22-24-30)40-43-39(27-13-5-3-6-14-27)45-41(46(40)45)29-15-7-4-8-16-29/h3-26,40-41H,1-2H3. The van der Waals surface area contributed by atoms with Gasteiger partial charge in [0.2, 0.25) is 0 Å². The fourth-order valence-electron chi connectivity index (χ4n) is 8.16. The van der Waals surface area contributed by atoms with Gasteiger partial charge in [-0.15, -0.1) is 0 Å². The molecule has 220 valence electrons. The van der Waals surface area contributed by atoms with Gasteiger partial charge in [0.05, 0.1) is 11.0 Å². The van der Waals surface area contributed by atoms with E-state index in [9.17, 15) is 0 Å². The van der Waals surface area contributed by atoms with Gasteiger partial charge in [0.1, 0.15) is 18.2 Å². The Kier molecular flexibility index (Phi) is 5.22. The van der Waals surface area contributed by atoms with Gasteiger partial charge in [0.15, 0.2) is 0 Å². The molecule has 2 aliphatic heterocycles. The van der Waals surface area contributed by atoms with Crippen LogP contribution in [0.5, 0.6) is 0 Å². The van der Waals surface area contributed by atoms with Gasteiger partial charge >= 0.3 is 0 Å². The molecule has 3 unspecified atom stereocenters. The predicted molar refractivity (Wildman–Crippen MR) is 187 cm³/mol. The van der Waals surface area contributed by atoms with E-state index in [1.807, 2.05) is 0 Å². The molecule has 6 aromatic carbocycles. The fraction of sp³-hybridized carbons (Fsp3) is 0.119. The second-order valence-corrected chi connectivity index (χ2v) is 13.2. The summed E-state index contributed by atoms with van der Waals surface area (Å²) in [6.07, 6.45) is 0.111. The maximum atomic E-state index is 5.26. The Morgan fingerprint density at radius 1 is 0.587 bits per heavy atom. The number of hydrogen-bond donors (Lipinski definition) is 0. The Balaban J connectivity index is 1.10. The molecule has 7 aromatic rings. The van der Waals surface area contributed by atoms with E-state index in [-0.39, 0.29) is 17.7 Å². The molecule has 3 atom stereocenters. The first-order valence-corrected chi connectivity index (χ1v) is 16.1. The van der Waals surface area contributed by atoms with E-state index in [1.54, 1.807) is 0 Å². The molecule has 1 fully saturated rings. The van der Waals surface area contributed by atoms with Crippen LogP contribution in [0.1, 0.15) is 54.0 Å². The van der Waals surface area contributed by atoms with Gasteiger partial charge in [-0.3, -0.25) is 5.01 Å². The van der Waals surface area contributed by atoms with Crippen molar-refractivity contribution in [3.63, 3.8) is 0 Å². The summed E-state index contributed by atoms with van der Waals surface area (Å²) >= 11 is 0. The predicted octanol–water partition coefficient (Wildman–Crippen LogP) is 9.78. The minimum atomic E-state index is -0.0744. The van der Waals surface area contributed by atoms with Gasteiger partial charge < -0.3 is 4.57 Å². The Morgan fingerprint density at radius 2 is 1.28 bits per heavy atom. The summed E-state index contributed by atoms with van der Waals surface area (Å²) in [5, 5.41) is 7.38. The number of nitrogens with zero attached hydrogens (tertiary/aromatic N) is 4. The molecular weight excluding hydrogens is 560 g/mol. The van der Waals surface area contributed by atoms with Crippen LogP contribution in [-0.4, -0.2) is 20.4 Å².